The Bertz CT molecular complexity index is 610. The van der Waals surface area contributed by atoms with Crippen LogP contribution in [0.25, 0.3) is 0 Å². The lowest BCUT2D eigenvalue weighted by Crippen LogP contribution is -2.17. The van der Waals surface area contributed by atoms with Gasteiger partial charge >= 0.3 is 0 Å². The van der Waals surface area contributed by atoms with Gasteiger partial charge in [-0.25, -0.2) is 9.07 Å². The maximum atomic E-state index is 13.0. The normalized spacial score (nSPS) is 10.8. The first kappa shape index (κ1) is 13.7. The number of nitrogens with one attached hydrogen (secondary N) is 1. The Balaban J connectivity index is 2.23. The topological polar surface area (TPSA) is 46.9 Å². The largest absolute Gasteiger partial charge is 0.307 e. The van der Waals surface area contributed by atoms with Gasteiger partial charge in [-0.05, 0) is 48.0 Å². The molecule has 1 aromatic heterocycles. The van der Waals surface area contributed by atoms with Crippen LogP contribution in [0.4, 0.5) is 10.2 Å². The smallest absolute Gasteiger partial charge is 0.257 e. The highest BCUT2D eigenvalue weighted by Crippen LogP contribution is 2.20. The molecule has 0 fully saturated rings. The Hall–Kier alpha value is -1.69. The highest BCUT2D eigenvalue weighted by molar-refractivity contribution is 9.10. The van der Waals surface area contributed by atoms with E-state index in [2.05, 4.69) is 26.3 Å². The van der Waals surface area contributed by atoms with Crippen LogP contribution in [-0.2, 0) is 0 Å². The Morgan fingerprint density at radius 2 is 2.16 bits per heavy atom. The van der Waals surface area contributed by atoms with Gasteiger partial charge in [0.2, 0.25) is 0 Å². The van der Waals surface area contributed by atoms with Crippen molar-refractivity contribution in [3.63, 3.8) is 0 Å². The van der Waals surface area contributed by atoms with Crippen molar-refractivity contribution in [3.8, 4) is 0 Å². The van der Waals surface area contributed by atoms with E-state index in [0.717, 1.165) is 0 Å². The summed E-state index contributed by atoms with van der Waals surface area (Å²) >= 11 is 3.18. The number of anilines is 1. The first-order valence-corrected chi connectivity index (χ1v) is 6.58. The lowest BCUT2D eigenvalue weighted by Gasteiger charge is -2.12. The molecule has 1 heterocycles. The van der Waals surface area contributed by atoms with E-state index in [1.807, 2.05) is 13.8 Å². The van der Waals surface area contributed by atoms with Crippen molar-refractivity contribution in [1.29, 1.82) is 0 Å². The molecule has 0 aliphatic heterocycles. The summed E-state index contributed by atoms with van der Waals surface area (Å²) in [6, 6.07) is 5.80. The van der Waals surface area contributed by atoms with Crippen molar-refractivity contribution in [2.75, 3.05) is 5.32 Å². The number of nitrogens with zero attached hydrogens (tertiary/aromatic N) is 2. The van der Waals surface area contributed by atoms with Crippen molar-refractivity contribution < 1.29 is 9.18 Å². The van der Waals surface area contributed by atoms with E-state index in [4.69, 9.17) is 0 Å². The summed E-state index contributed by atoms with van der Waals surface area (Å²) in [5.41, 5.74) is 0.373. The van der Waals surface area contributed by atoms with Gasteiger partial charge in [0, 0.05) is 16.6 Å². The SMILES string of the molecule is CC(C)n1nccc1NC(=O)c1ccc(F)cc1Br. The van der Waals surface area contributed by atoms with E-state index in [-0.39, 0.29) is 11.9 Å². The van der Waals surface area contributed by atoms with Crippen molar-refractivity contribution in [2.24, 2.45) is 0 Å². The fraction of sp³-hybridized carbons (Fsp3) is 0.231. The van der Waals surface area contributed by atoms with Crippen molar-refractivity contribution in [3.05, 3.63) is 46.3 Å². The third kappa shape index (κ3) is 3.01. The first-order valence-electron chi connectivity index (χ1n) is 5.79. The van der Waals surface area contributed by atoms with Crippen LogP contribution in [0, 0.1) is 5.82 Å². The molecule has 0 aliphatic carbocycles. The number of aromatic nitrogens is 2. The first-order chi connectivity index (χ1) is 8.99. The molecule has 0 radical (unpaired) electrons. The van der Waals surface area contributed by atoms with Gasteiger partial charge in [0.1, 0.15) is 11.6 Å². The van der Waals surface area contributed by atoms with E-state index >= 15 is 0 Å². The van der Waals surface area contributed by atoms with E-state index in [1.54, 1.807) is 16.9 Å². The maximum Gasteiger partial charge on any atom is 0.257 e. The van der Waals surface area contributed by atoms with Crippen LogP contribution < -0.4 is 5.32 Å². The molecule has 0 spiro atoms. The minimum Gasteiger partial charge on any atom is -0.307 e. The lowest BCUT2D eigenvalue weighted by molar-refractivity contribution is 0.102. The van der Waals surface area contributed by atoms with E-state index in [9.17, 15) is 9.18 Å². The highest BCUT2D eigenvalue weighted by Gasteiger charge is 2.14. The minimum atomic E-state index is -0.393. The third-order valence-corrected chi connectivity index (χ3v) is 3.23. The Labute approximate surface area is 118 Å². The van der Waals surface area contributed by atoms with Crippen LogP contribution in [0.2, 0.25) is 0 Å². The van der Waals surface area contributed by atoms with Gasteiger partial charge < -0.3 is 5.32 Å². The minimum absolute atomic E-state index is 0.141. The van der Waals surface area contributed by atoms with Crippen LogP contribution in [-0.4, -0.2) is 15.7 Å². The summed E-state index contributed by atoms with van der Waals surface area (Å²) in [5.74, 6) is -0.0962. The molecule has 4 nitrogen and oxygen atoms in total. The Morgan fingerprint density at radius 3 is 2.79 bits per heavy atom. The number of benzene rings is 1. The molecule has 0 aliphatic rings. The van der Waals surface area contributed by atoms with Gasteiger partial charge in [0.25, 0.3) is 5.91 Å². The number of rotatable bonds is 3. The Morgan fingerprint density at radius 1 is 1.42 bits per heavy atom. The van der Waals surface area contributed by atoms with Gasteiger partial charge in [-0.3, -0.25) is 4.79 Å². The molecule has 1 aromatic carbocycles. The van der Waals surface area contributed by atoms with Gasteiger partial charge in [-0.15, -0.1) is 0 Å². The number of hydrogen-bond donors (Lipinski definition) is 1. The van der Waals surface area contributed by atoms with Crippen molar-refractivity contribution in [2.45, 2.75) is 19.9 Å². The molecule has 100 valence electrons. The molecule has 1 amide bonds. The third-order valence-electron chi connectivity index (χ3n) is 2.58. The standard InChI is InChI=1S/C13H13BrFN3O/c1-8(2)18-12(5-6-16-18)17-13(19)10-4-3-9(15)7-11(10)14/h3-8H,1-2H3,(H,17,19). The summed E-state index contributed by atoms with van der Waals surface area (Å²) in [7, 11) is 0. The fourth-order valence-electron chi connectivity index (χ4n) is 1.68. The molecule has 1 N–H and O–H groups in total. The number of amides is 1. The molecule has 19 heavy (non-hydrogen) atoms. The molecular weight excluding hydrogens is 313 g/mol. The van der Waals surface area contributed by atoms with Gasteiger partial charge in [0.05, 0.1) is 11.8 Å². The maximum absolute atomic E-state index is 13.0. The summed E-state index contributed by atoms with van der Waals surface area (Å²) in [6.45, 7) is 3.94. The predicted octanol–water partition coefficient (Wildman–Crippen LogP) is 3.62. The number of hydrogen-bond acceptors (Lipinski definition) is 2. The zero-order valence-corrected chi connectivity index (χ0v) is 12.1. The lowest BCUT2D eigenvalue weighted by atomic mass is 10.2. The highest BCUT2D eigenvalue weighted by atomic mass is 79.9. The number of halogens is 2. The van der Waals surface area contributed by atoms with E-state index in [1.165, 1.54) is 18.2 Å². The molecule has 0 bridgehead atoms. The van der Waals surface area contributed by atoms with Gasteiger partial charge in [-0.1, -0.05) is 0 Å². The molecule has 2 rings (SSSR count). The molecule has 0 saturated carbocycles. The second kappa shape index (κ2) is 5.52. The van der Waals surface area contributed by atoms with Crippen molar-refractivity contribution >= 4 is 27.7 Å². The van der Waals surface area contributed by atoms with Gasteiger partial charge in [0.15, 0.2) is 0 Å². The summed E-state index contributed by atoms with van der Waals surface area (Å²) in [4.78, 5) is 12.1. The molecule has 6 heteroatoms. The molecule has 2 aromatic rings. The van der Waals surface area contributed by atoms with E-state index < -0.39 is 5.82 Å². The van der Waals surface area contributed by atoms with Crippen molar-refractivity contribution in [1.82, 2.24) is 9.78 Å². The zero-order valence-electron chi connectivity index (χ0n) is 10.5. The predicted molar refractivity (Wildman–Crippen MR) is 74.7 cm³/mol. The molecule has 0 unspecified atom stereocenters. The van der Waals surface area contributed by atoms with Crippen LogP contribution in [0.3, 0.4) is 0 Å². The molecular formula is C13H13BrFN3O. The number of carbonyl (C=O) groups excluding carboxylic acids is 1. The summed E-state index contributed by atoms with van der Waals surface area (Å²) in [5, 5.41) is 6.89. The second-order valence-electron chi connectivity index (χ2n) is 4.33. The van der Waals surface area contributed by atoms with Gasteiger partial charge in [-0.2, -0.15) is 5.10 Å². The quantitative estimate of drug-likeness (QED) is 0.936. The molecule has 0 saturated heterocycles. The van der Waals surface area contributed by atoms with Crippen LogP contribution in [0.5, 0.6) is 0 Å². The summed E-state index contributed by atoms with van der Waals surface area (Å²) in [6.07, 6.45) is 1.62. The Kier molecular flexibility index (Phi) is 3.99. The molecule has 0 atom stereocenters. The van der Waals surface area contributed by atoms with E-state index in [0.29, 0.717) is 15.9 Å². The fourth-order valence-corrected chi connectivity index (χ4v) is 2.21. The van der Waals surface area contributed by atoms with Crippen LogP contribution in [0.15, 0.2) is 34.9 Å². The van der Waals surface area contributed by atoms with Crippen LogP contribution >= 0.6 is 15.9 Å². The monoisotopic (exact) mass is 325 g/mol. The summed E-state index contributed by atoms with van der Waals surface area (Å²) < 4.78 is 15.1. The number of carbonyl (C=O) groups is 1. The average molecular weight is 326 g/mol. The average Bonchev–Trinajstić information content (AvgIpc) is 2.76. The zero-order chi connectivity index (χ0) is 14.0. The second-order valence-corrected chi connectivity index (χ2v) is 5.19. The van der Waals surface area contributed by atoms with Crippen LogP contribution in [0.1, 0.15) is 30.2 Å².